The molecule has 0 radical (unpaired) electrons. The second-order valence-electron chi connectivity index (χ2n) is 4.75. The number of hydrogen-bond donors (Lipinski definition) is 1. The molecule has 19 heavy (non-hydrogen) atoms. The fraction of sp³-hybridized carbons (Fsp3) is 0.357. The molecule has 1 saturated heterocycles. The van der Waals surface area contributed by atoms with E-state index in [4.69, 9.17) is 12.2 Å². The minimum atomic E-state index is -1.18. The number of carbonyl (C=O) groups excluding carboxylic acids is 2. The Morgan fingerprint density at radius 3 is 2.37 bits per heavy atom. The summed E-state index contributed by atoms with van der Waals surface area (Å²) in [6.07, 6.45) is 0.397. The number of likely N-dealkylation sites (N-methyl/N-ethyl adjacent to an activating group) is 1. The van der Waals surface area contributed by atoms with E-state index >= 15 is 0 Å². The fourth-order valence-electron chi connectivity index (χ4n) is 2.37. The van der Waals surface area contributed by atoms with Crippen LogP contribution in [-0.2, 0) is 15.0 Å². The van der Waals surface area contributed by atoms with Gasteiger partial charge in [0.1, 0.15) is 0 Å². The quantitative estimate of drug-likeness (QED) is 0.658. The van der Waals surface area contributed by atoms with Gasteiger partial charge in [0, 0.05) is 7.05 Å². The van der Waals surface area contributed by atoms with E-state index in [1.807, 2.05) is 38.1 Å². The zero-order valence-electron chi connectivity index (χ0n) is 11.2. The van der Waals surface area contributed by atoms with E-state index in [-0.39, 0.29) is 16.9 Å². The van der Waals surface area contributed by atoms with Crippen molar-refractivity contribution in [2.24, 2.45) is 0 Å². The van der Waals surface area contributed by atoms with Gasteiger partial charge in [-0.1, -0.05) is 36.8 Å². The Kier molecular flexibility index (Phi) is 3.41. The lowest BCUT2D eigenvalue weighted by Gasteiger charge is -2.39. The van der Waals surface area contributed by atoms with E-state index in [9.17, 15) is 9.59 Å². The minimum Gasteiger partial charge on any atom is -0.301 e. The highest BCUT2D eigenvalue weighted by molar-refractivity contribution is 7.80. The maximum atomic E-state index is 12.6. The summed E-state index contributed by atoms with van der Waals surface area (Å²) in [6, 6.07) is 7.47. The Balaban J connectivity index is 2.58. The number of rotatable bonds is 2. The Hall–Kier alpha value is -1.75. The monoisotopic (exact) mass is 276 g/mol. The predicted octanol–water partition coefficient (Wildman–Crippen LogP) is 1.52. The number of hydrogen-bond acceptors (Lipinski definition) is 3. The molecule has 0 bridgehead atoms. The van der Waals surface area contributed by atoms with Gasteiger partial charge in [-0.2, -0.15) is 0 Å². The lowest BCUT2D eigenvalue weighted by Crippen LogP contribution is -2.64. The van der Waals surface area contributed by atoms with Crippen LogP contribution in [-0.4, -0.2) is 28.9 Å². The van der Waals surface area contributed by atoms with Gasteiger partial charge in [0.15, 0.2) is 10.5 Å². The number of carbonyl (C=O) groups is 2. The van der Waals surface area contributed by atoms with Crippen LogP contribution in [0.25, 0.3) is 0 Å². The zero-order chi connectivity index (χ0) is 14.2. The Labute approximate surface area is 117 Å². The van der Waals surface area contributed by atoms with E-state index < -0.39 is 5.41 Å². The highest BCUT2D eigenvalue weighted by Gasteiger charge is 2.51. The first-order valence-electron chi connectivity index (χ1n) is 6.14. The highest BCUT2D eigenvalue weighted by atomic mass is 32.1. The summed E-state index contributed by atoms with van der Waals surface area (Å²) in [5.74, 6) is -0.612. The maximum Gasteiger partial charge on any atom is 0.248 e. The fourth-order valence-corrected chi connectivity index (χ4v) is 2.55. The molecule has 1 N–H and O–H groups in total. The maximum absolute atomic E-state index is 12.6. The van der Waals surface area contributed by atoms with Crippen LogP contribution in [0, 0.1) is 6.92 Å². The van der Waals surface area contributed by atoms with Crippen LogP contribution in [0.15, 0.2) is 24.3 Å². The van der Waals surface area contributed by atoms with Crippen LogP contribution >= 0.6 is 12.2 Å². The number of nitrogens with zero attached hydrogens (tertiary/aromatic N) is 1. The summed E-state index contributed by atoms with van der Waals surface area (Å²) < 4.78 is 0. The summed E-state index contributed by atoms with van der Waals surface area (Å²) in [7, 11) is 1.59. The van der Waals surface area contributed by atoms with Gasteiger partial charge in [0.25, 0.3) is 0 Å². The van der Waals surface area contributed by atoms with Crippen LogP contribution in [0.4, 0.5) is 0 Å². The molecule has 1 aromatic rings. The summed E-state index contributed by atoms with van der Waals surface area (Å²) in [6.45, 7) is 3.80. The molecular weight excluding hydrogens is 260 g/mol. The number of nitrogens with one attached hydrogen (secondary N) is 1. The topological polar surface area (TPSA) is 49.4 Å². The van der Waals surface area contributed by atoms with Gasteiger partial charge in [-0.05, 0) is 31.1 Å². The molecular formula is C14H16N2O2S. The summed E-state index contributed by atoms with van der Waals surface area (Å²) >= 11 is 4.98. The molecule has 1 heterocycles. The van der Waals surface area contributed by atoms with Crippen molar-refractivity contribution >= 4 is 29.1 Å². The molecule has 0 aromatic heterocycles. The van der Waals surface area contributed by atoms with E-state index in [0.717, 1.165) is 5.56 Å². The molecule has 0 saturated carbocycles. The molecule has 1 aliphatic rings. The van der Waals surface area contributed by atoms with Gasteiger partial charge < -0.3 is 5.32 Å². The van der Waals surface area contributed by atoms with Crippen molar-refractivity contribution < 1.29 is 9.59 Å². The SMILES string of the molecule is CCC1(c2ccc(C)cc2)C(=O)NC(=S)N(C)C1=O. The predicted molar refractivity (Wildman–Crippen MR) is 76.7 cm³/mol. The normalized spacial score (nSPS) is 23.5. The lowest BCUT2D eigenvalue weighted by atomic mass is 9.75. The second kappa shape index (κ2) is 4.74. The summed E-state index contributed by atoms with van der Waals surface area (Å²) in [5, 5.41) is 2.77. The third-order valence-electron chi connectivity index (χ3n) is 3.66. The lowest BCUT2D eigenvalue weighted by molar-refractivity contribution is -0.143. The molecule has 0 aliphatic carbocycles. The van der Waals surface area contributed by atoms with Crippen molar-refractivity contribution in [2.45, 2.75) is 25.7 Å². The molecule has 1 atom stereocenters. The molecule has 5 heteroatoms. The van der Waals surface area contributed by atoms with E-state index in [1.54, 1.807) is 7.05 Å². The van der Waals surface area contributed by atoms with E-state index in [2.05, 4.69) is 5.32 Å². The van der Waals surface area contributed by atoms with Crippen molar-refractivity contribution in [2.75, 3.05) is 7.05 Å². The number of benzene rings is 1. The van der Waals surface area contributed by atoms with Crippen LogP contribution < -0.4 is 5.32 Å². The first-order valence-corrected chi connectivity index (χ1v) is 6.55. The first-order chi connectivity index (χ1) is 8.93. The standard InChI is InChI=1S/C14H16N2O2S/c1-4-14(10-7-5-9(2)6-8-10)11(17)15-13(19)16(3)12(14)18/h5-8H,4H2,1-3H3,(H,15,17,19). The van der Waals surface area contributed by atoms with Crippen LogP contribution in [0.2, 0.25) is 0 Å². The summed E-state index contributed by atoms with van der Waals surface area (Å²) in [5.41, 5.74) is 0.616. The van der Waals surface area contributed by atoms with E-state index in [1.165, 1.54) is 4.90 Å². The smallest absolute Gasteiger partial charge is 0.248 e. The average Bonchev–Trinajstić information content (AvgIpc) is 2.39. The van der Waals surface area contributed by atoms with Gasteiger partial charge in [-0.25, -0.2) is 0 Å². The van der Waals surface area contributed by atoms with Crippen molar-refractivity contribution in [3.63, 3.8) is 0 Å². The molecule has 0 spiro atoms. The average molecular weight is 276 g/mol. The minimum absolute atomic E-state index is 0.159. The molecule has 1 aliphatic heterocycles. The Morgan fingerprint density at radius 2 is 1.84 bits per heavy atom. The second-order valence-corrected chi connectivity index (χ2v) is 5.14. The van der Waals surface area contributed by atoms with Crippen LogP contribution in [0.1, 0.15) is 24.5 Å². The largest absolute Gasteiger partial charge is 0.301 e. The molecule has 1 fully saturated rings. The summed E-state index contributed by atoms with van der Waals surface area (Å²) in [4.78, 5) is 26.2. The zero-order valence-corrected chi connectivity index (χ0v) is 12.0. The van der Waals surface area contributed by atoms with Crippen molar-refractivity contribution in [3.8, 4) is 0 Å². The highest BCUT2D eigenvalue weighted by Crippen LogP contribution is 2.33. The van der Waals surface area contributed by atoms with Crippen molar-refractivity contribution in [1.29, 1.82) is 0 Å². The third kappa shape index (κ3) is 1.94. The Bertz CT molecular complexity index is 553. The number of thiocarbonyl (C=S) groups is 1. The molecule has 4 nitrogen and oxygen atoms in total. The van der Waals surface area contributed by atoms with Gasteiger partial charge >= 0.3 is 0 Å². The van der Waals surface area contributed by atoms with Gasteiger partial charge in [-0.15, -0.1) is 0 Å². The van der Waals surface area contributed by atoms with Crippen molar-refractivity contribution in [3.05, 3.63) is 35.4 Å². The molecule has 1 aromatic carbocycles. The molecule has 1 unspecified atom stereocenters. The first kappa shape index (κ1) is 13.7. The van der Waals surface area contributed by atoms with Crippen molar-refractivity contribution in [1.82, 2.24) is 10.2 Å². The van der Waals surface area contributed by atoms with Crippen LogP contribution in [0.5, 0.6) is 0 Å². The van der Waals surface area contributed by atoms with Gasteiger partial charge in [0.2, 0.25) is 11.8 Å². The number of amides is 2. The van der Waals surface area contributed by atoms with Gasteiger partial charge in [-0.3, -0.25) is 14.5 Å². The van der Waals surface area contributed by atoms with E-state index in [0.29, 0.717) is 12.0 Å². The molecule has 100 valence electrons. The van der Waals surface area contributed by atoms with Gasteiger partial charge in [0.05, 0.1) is 0 Å². The Morgan fingerprint density at radius 1 is 1.26 bits per heavy atom. The van der Waals surface area contributed by atoms with Crippen LogP contribution in [0.3, 0.4) is 0 Å². The third-order valence-corrected chi connectivity index (χ3v) is 4.03. The molecule has 2 amide bonds. The number of aryl methyl sites for hydroxylation is 1. The molecule has 2 rings (SSSR count).